The van der Waals surface area contributed by atoms with E-state index in [2.05, 4.69) is 50.5 Å². The highest BCUT2D eigenvalue weighted by Gasteiger charge is 2.55. The minimum Gasteiger partial charge on any atom is -0.364 e. The summed E-state index contributed by atoms with van der Waals surface area (Å²) < 4.78 is 28.1. The average Bonchev–Trinajstić information content (AvgIpc) is 3.24. The average molecular weight is 471 g/mol. The number of hydrogen-bond acceptors (Lipinski definition) is 7. The first-order chi connectivity index (χ1) is 16.4. The number of alkyl halides is 2. The van der Waals surface area contributed by atoms with Crippen LogP contribution >= 0.6 is 0 Å². The fourth-order valence-corrected chi connectivity index (χ4v) is 4.51. The molecule has 0 spiro atoms. The summed E-state index contributed by atoms with van der Waals surface area (Å²) in [6.07, 6.45) is 5.38. The van der Waals surface area contributed by atoms with Crippen molar-refractivity contribution in [1.29, 1.82) is 0 Å². The number of aromatic nitrogens is 5. The summed E-state index contributed by atoms with van der Waals surface area (Å²) in [5.41, 5.74) is 1.68. The Bertz CT molecular complexity index is 1140. The van der Waals surface area contributed by atoms with Gasteiger partial charge in [0, 0.05) is 38.0 Å². The van der Waals surface area contributed by atoms with Gasteiger partial charge < -0.3 is 15.5 Å². The lowest BCUT2D eigenvalue weighted by atomic mass is 10.2. The first-order valence-electron chi connectivity index (χ1n) is 12.2. The molecule has 0 bridgehead atoms. The fraction of sp³-hybridized carbons (Fsp3) is 0.583. The number of halogens is 2. The molecule has 0 radical (unpaired) electrons. The van der Waals surface area contributed by atoms with Gasteiger partial charge in [0.1, 0.15) is 11.6 Å². The van der Waals surface area contributed by atoms with Gasteiger partial charge in [-0.2, -0.15) is 15.1 Å². The van der Waals surface area contributed by atoms with Crippen LogP contribution in [0.2, 0.25) is 0 Å². The van der Waals surface area contributed by atoms with Crippen LogP contribution in [0.4, 0.5) is 26.4 Å². The van der Waals surface area contributed by atoms with Crippen molar-refractivity contribution >= 4 is 28.6 Å². The van der Waals surface area contributed by atoms with Crippen LogP contribution in [0.3, 0.4) is 0 Å². The molecule has 0 amide bonds. The summed E-state index contributed by atoms with van der Waals surface area (Å²) in [6.45, 7) is 7.29. The largest absolute Gasteiger partial charge is 0.364 e. The summed E-state index contributed by atoms with van der Waals surface area (Å²) >= 11 is 0. The van der Waals surface area contributed by atoms with Crippen LogP contribution in [0.1, 0.15) is 57.7 Å². The zero-order chi connectivity index (χ0) is 23.7. The molecule has 1 aliphatic heterocycles. The normalized spacial score (nSPS) is 19.2. The second kappa shape index (κ2) is 9.31. The van der Waals surface area contributed by atoms with Gasteiger partial charge in [-0.25, -0.2) is 18.4 Å². The van der Waals surface area contributed by atoms with Gasteiger partial charge >= 0.3 is 0 Å². The third-order valence-corrected chi connectivity index (χ3v) is 6.57. The van der Waals surface area contributed by atoms with Gasteiger partial charge in [0.15, 0.2) is 5.65 Å². The number of anilines is 3. The maximum atomic E-state index is 13.1. The standard InChI is InChI=1S/C24H32F2N8/c1-16(2)34-22-19(15-29-34)21(31-23(32-22)27-10-6-7-17-13-24(17,25)26)28-14-18-8-5-9-20(30-18)33-11-3-4-12-33/h5,8-9,15-17H,3-4,6-7,10-14H2,1-2H3,(H2,27,28,31,32). The smallest absolute Gasteiger partial charge is 0.251 e. The minimum atomic E-state index is -2.46. The molecule has 1 saturated heterocycles. The van der Waals surface area contributed by atoms with Crippen molar-refractivity contribution in [2.45, 2.75) is 64.5 Å². The molecule has 10 heteroatoms. The van der Waals surface area contributed by atoms with Crippen LogP contribution in [0, 0.1) is 5.92 Å². The van der Waals surface area contributed by atoms with Crippen LogP contribution in [-0.4, -0.2) is 50.3 Å². The topological polar surface area (TPSA) is 83.8 Å². The van der Waals surface area contributed by atoms with Gasteiger partial charge in [0.05, 0.1) is 23.8 Å². The Kier molecular flexibility index (Phi) is 6.22. The quantitative estimate of drug-likeness (QED) is 0.409. The zero-order valence-electron chi connectivity index (χ0n) is 19.8. The van der Waals surface area contributed by atoms with E-state index in [-0.39, 0.29) is 12.5 Å². The van der Waals surface area contributed by atoms with Crippen molar-refractivity contribution in [3.63, 3.8) is 0 Å². The number of nitrogens with one attached hydrogen (secondary N) is 2. The van der Waals surface area contributed by atoms with E-state index in [1.54, 1.807) is 6.20 Å². The molecule has 3 aromatic heterocycles. The number of fused-ring (bicyclic) bond motifs is 1. The van der Waals surface area contributed by atoms with Crippen molar-refractivity contribution in [3.05, 3.63) is 30.1 Å². The van der Waals surface area contributed by atoms with E-state index >= 15 is 0 Å². The highest BCUT2D eigenvalue weighted by molar-refractivity contribution is 5.87. The highest BCUT2D eigenvalue weighted by Crippen LogP contribution is 2.51. The van der Waals surface area contributed by atoms with Crippen molar-refractivity contribution < 1.29 is 8.78 Å². The molecule has 1 atom stereocenters. The molecule has 3 aromatic rings. The molecule has 8 nitrogen and oxygen atoms in total. The Morgan fingerprint density at radius 3 is 2.65 bits per heavy atom. The van der Waals surface area contributed by atoms with Gasteiger partial charge in [0.2, 0.25) is 5.95 Å². The molecule has 1 saturated carbocycles. The number of nitrogens with zero attached hydrogens (tertiary/aromatic N) is 6. The predicted molar refractivity (Wildman–Crippen MR) is 129 cm³/mol. The lowest BCUT2D eigenvalue weighted by Crippen LogP contribution is -2.19. The van der Waals surface area contributed by atoms with Crippen LogP contribution in [0.15, 0.2) is 24.4 Å². The summed E-state index contributed by atoms with van der Waals surface area (Å²) in [5, 5.41) is 12.0. The van der Waals surface area contributed by atoms with E-state index in [4.69, 9.17) is 4.98 Å². The van der Waals surface area contributed by atoms with Gasteiger partial charge in [-0.15, -0.1) is 0 Å². The van der Waals surface area contributed by atoms with Crippen LogP contribution in [0.25, 0.3) is 11.0 Å². The third kappa shape index (κ3) is 4.90. The Morgan fingerprint density at radius 2 is 1.91 bits per heavy atom. The Morgan fingerprint density at radius 1 is 1.12 bits per heavy atom. The summed E-state index contributed by atoms with van der Waals surface area (Å²) in [5.74, 6) is -0.765. The molecule has 2 aliphatic rings. The minimum absolute atomic E-state index is 0.0180. The first kappa shape index (κ1) is 22.7. The van der Waals surface area contributed by atoms with Gasteiger partial charge in [-0.1, -0.05) is 6.07 Å². The summed E-state index contributed by atoms with van der Waals surface area (Å²) in [7, 11) is 0. The molecule has 34 heavy (non-hydrogen) atoms. The Hall–Kier alpha value is -3.04. The maximum absolute atomic E-state index is 13.1. The fourth-order valence-electron chi connectivity index (χ4n) is 4.51. The van der Waals surface area contributed by atoms with Gasteiger partial charge in [-0.3, -0.25) is 0 Å². The first-order valence-corrected chi connectivity index (χ1v) is 12.2. The highest BCUT2D eigenvalue weighted by atomic mass is 19.3. The second-order valence-electron chi connectivity index (χ2n) is 9.58. The number of rotatable bonds is 10. The van der Waals surface area contributed by atoms with E-state index in [9.17, 15) is 8.78 Å². The number of hydrogen-bond donors (Lipinski definition) is 2. The molecule has 2 N–H and O–H groups in total. The van der Waals surface area contributed by atoms with E-state index in [1.807, 2.05) is 16.8 Å². The van der Waals surface area contributed by atoms with Crippen molar-refractivity contribution in [1.82, 2.24) is 24.7 Å². The van der Waals surface area contributed by atoms with Crippen molar-refractivity contribution in [2.24, 2.45) is 5.92 Å². The predicted octanol–water partition coefficient (Wildman–Crippen LogP) is 4.86. The van der Waals surface area contributed by atoms with E-state index in [0.717, 1.165) is 35.6 Å². The van der Waals surface area contributed by atoms with E-state index < -0.39 is 11.8 Å². The molecule has 182 valence electrons. The second-order valence-corrected chi connectivity index (χ2v) is 9.58. The van der Waals surface area contributed by atoms with Crippen molar-refractivity contribution in [2.75, 3.05) is 35.2 Å². The summed E-state index contributed by atoms with van der Waals surface area (Å²) in [6, 6.07) is 6.25. The van der Waals surface area contributed by atoms with Crippen LogP contribution in [-0.2, 0) is 6.54 Å². The summed E-state index contributed by atoms with van der Waals surface area (Å²) in [4.78, 5) is 16.5. The SMILES string of the molecule is CC(C)n1ncc2c(NCc3cccc(N4CCCC4)n3)nc(NCCCC3CC3(F)F)nc21. The molecule has 1 unspecified atom stereocenters. The van der Waals surface area contributed by atoms with Crippen LogP contribution in [0.5, 0.6) is 0 Å². The third-order valence-electron chi connectivity index (χ3n) is 6.57. The molecular formula is C24H32F2N8. The van der Waals surface area contributed by atoms with Gasteiger partial charge in [-0.05, 0) is 51.7 Å². The van der Waals surface area contributed by atoms with Gasteiger partial charge in [0.25, 0.3) is 5.92 Å². The zero-order valence-corrected chi connectivity index (χ0v) is 19.8. The van der Waals surface area contributed by atoms with Crippen LogP contribution < -0.4 is 15.5 Å². The monoisotopic (exact) mass is 470 g/mol. The van der Waals surface area contributed by atoms with E-state index in [1.165, 1.54) is 12.8 Å². The Balaban J connectivity index is 1.30. The molecule has 2 fully saturated rings. The molecule has 4 heterocycles. The lowest BCUT2D eigenvalue weighted by Gasteiger charge is -2.17. The molecular weight excluding hydrogens is 438 g/mol. The maximum Gasteiger partial charge on any atom is 0.251 e. The number of pyridine rings is 1. The van der Waals surface area contributed by atoms with Crippen molar-refractivity contribution in [3.8, 4) is 0 Å². The molecule has 0 aromatic carbocycles. The molecule has 5 rings (SSSR count). The lowest BCUT2D eigenvalue weighted by molar-refractivity contribution is 0.0968. The Labute approximate surface area is 198 Å². The molecule has 1 aliphatic carbocycles. The van der Waals surface area contributed by atoms with E-state index in [0.29, 0.717) is 37.7 Å².